The summed E-state index contributed by atoms with van der Waals surface area (Å²) in [6.07, 6.45) is 2.00. The second-order valence-corrected chi connectivity index (χ2v) is 4.38. The van der Waals surface area contributed by atoms with Gasteiger partial charge in [0, 0.05) is 5.56 Å². The zero-order valence-electron chi connectivity index (χ0n) is 10.2. The Labute approximate surface area is 109 Å². The summed E-state index contributed by atoms with van der Waals surface area (Å²) in [4.78, 5) is 10.7. The molecule has 0 saturated heterocycles. The fourth-order valence-electron chi connectivity index (χ4n) is 2.12. The van der Waals surface area contributed by atoms with Crippen molar-refractivity contribution in [2.45, 2.75) is 12.8 Å². The van der Waals surface area contributed by atoms with E-state index in [1.165, 1.54) is 6.07 Å². The van der Waals surface area contributed by atoms with Gasteiger partial charge in [-0.1, -0.05) is 0 Å². The van der Waals surface area contributed by atoms with Crippen LogP contribution in [0.4, 0.5) is 0 Å². The molecule has 0 atom stereocenters. The number of carboxylic acids is 1. The normalized spacial score (nSPS) is 13.5. The summed E-state index contributed by atoms with van der Waals surface area (Å²) in [5, 5.41) is 16.4. The minimum atomic E-state index is -1.07. The van der Waals surface area contributed by atoms with Crippen LogP contribution in [0, 0.1) is 0 Å². The molecule has 0 saturated carbocycles. The SMILES string of the molecule is O=C(O)c1ccc(-c2ccc3c(c2)CCCO3)nn1. The van der Waals surface area contributed by atoms with E-state index in [1.807, 2.05) is 18.2 Å². The van der Waals surface area contributed by atoms with Gasteiger partial charge in [0.1, 0.15) is 5.75 Å². The number of ether oxygens (including phenoxy) is 1. The van der Waals surface area contributed by atoms with E-state index in [4.69, 9.17) is 9.84 Å². The molecule has 1 aliphatic heterocycles. The zero-order valence-corrected chi connectivity index (χ0v) is 10.2. The molecule has 1 aromatic carbocycles. The van der Waals surface area contributed by atoms with E-state index in [1.54, 1.807) is 6.07 Å². The van der Waals surface area contributed by atoms with Gasteiger partial charge in [-0.05, 0) is 48.7 Å². The Morgan fingerprint density at radius 2 is 2.11 bits per heavy atom. The zero-order chi connectivity index (χ0) is 13.2. The van der Waals surface area contributed by atoms with Gasteiger partial charge in [0.25, 0.3) is 0 Å². The molecule has 5 heteroatoms. The summed E-state index contributed by atoms with van der Waals surface area (Å²) in [6.45, 7) is 0.763. The molecule has 0 spiro atoms. The topological polar surface area (TPSA) is 72.3 Å². The predicted octanol–water partition coefficient (Wildman–Crippen LogP) is 2.17. The average Bonchev–Trinajstić information content (AvgIpc) is 2.47. The smallest absolute Gasteiger partial charge is 0.356 e. The van der Waals surface area contributed by atoms with Crippen LogP contribution in [0.2, 0.25) is 0 Å². The number of rotatable bonds is 2. The van der Waals surface area contributed by atoms with Crippen molar-refractivity contribution in [2.75, 3.05) is 6.61 Å². The van der Waals surface area contributed by atoms with Crippen LogP contribution in [0.5, 0.6) is 5.75 Å². The number of carboxylic acid groups (broad SMARTS) is 1. The van der Waals surface area contributed by atoms with Crippen LogP contribution in [0.3, 0.4) is 0 Å². The number of fused-ring (bicyclic) bond motifs is 1. The first-order chi connectivity index (χ1) is 9.24. The molecule has 0 radical (unpaired) electrons. The maximum atomic E-state index is 10.7. The van der Waals surface area contributed by atoms with Gasteiger partial charge in [-0.2, -0.15) is 0 Å². The lowest BCUT2D eigenvalue weighted by Crippen LogP contribution is -2.08. The van der Waals surface area contributed by atoms with Crippen molar-refractivity contribution >= 4 is 5.97 Å². The fraction of sp³-hybridized carbons (Fsp3) is 0.214. The maximum Gasteiger partial charge on any atom is 0.356 e. The Bertz CT molecular complexity index is 623. The molecule has 19 heavy (non-hydrogen) atoms. The van der Waals surface area contributed by atoms with Gasteiger partial charge < -0.3 is 9.84 Å². The molecule has 1 aromatic heterocycles. The van der Waals surface area contributed by atoms with Gasteiger partial charge >= 0.3 is 5.97 Å². The third-order valence-corrected chi connectivity index (χ3v) is 3.09. The minimum absolute atomic E-state index is 0.0509. The number of hydrogen-bond acceptors (Lipinski definition) is 4. The molecule has 5 nitrogen and oxygen atoms in total. The highest BCUT2D eigenvalue weighted by atomic mass is 16.5. The lowest BCUT2D eigenvalue weighted by atomic mass is 10.0. The van der Waals surface area contributed by atoms with Gasteiger partial charge in [0.2, 0.25) is 0 Å². The standard InChI is InChI=1S/C14H12N2O3/c17-14(18)12-5-4-11(15-16-12)9-3-6-13-10(8-9)2-1-7-19-13/h3-6,8H,1-2,7H2,(H,17,18). The molecule has 0 fully saturated rings. The van der Waals surface area contributed by atoms with Gasteiger partial charge in [-0.3, -0.25) is 0 Å². The monoisotopic (exact) mass is 256 g/mol. The number of benzene rings is 1. The molecular formula is C14H12N2O3. The minimum Gasteiger partial charge on any atom is -0.493 e. The summed E-state index contributed by atoms with van der Waals surface area (Å²) < 4.78 is 5.55. The van der Waals surface area contributed by atoms with Crippen LogP contribution in [0.25, 0.3) is 11.3 Å². The Hall–Kier alpha value is -2.43. The first-order valence-electron chi connectivity index (χ1n) is 6.07. The summed E-state index contributed by atoms with van der Waals surface area (Å²) in [5.41, 5.74) is 2.70. The Kier molecular flexibility index (Phi) is 2.87. The summed E-state index contributed by atoms with van der Waals surface area (Å²) in [5.74, 6) is -0.150. The van der Waals surface area contributed by atoms with Crippen molar-refractivity contribution in [1.29, 1.82) is 0 Å². The van der Waals surface area contributed by atoms with Crippen molar-refractivity contribution in [3.8, 4) is 17.0 Å². The third kappa shape index (κ3) is 2.27. The molecule has 1 N–H and O–H groups in total. The Morgan fingerprint density at radius 3 is 2.84 bits per heavy atom. The first kappa shape index (κ1) is 11.6. The van der Waals surface area contributed by atoms with Crippen LogP contribution < -0.4 is 4.74 Å². The molecule has 0 aliphatic carbocycles. The van der Waals surface area contributed by atoms with Crippen molar-refractivity contribution in [3.63, 3.8) is 0 Å². The van der Waals surface area contributed by atoms with Gasteiger partial charge in [0.05, 0.1) is 12.3 Å². The largest absolute Gasteiger partial charge is 0.493 e. The van der Waals surface area contributed by atoms with E-state index >= 15 is 0 Å². The van der Waals surface area contributed by atoms with E-state index < -0.39 is 5.97 Å². The van der Waals surface area contributed by atoms with Gasteiger partial charge in [-0.15, -0.1) is 10.2 Å². The van der Waals surface area contributed by atoms with E-state index in [0.29, 0.717) is 5.69 Å². The van der Waals surface area contributed by atoms with Crippen LogP contribution >= 0.6 is 0 Å². The van der Waals surface area contributed by atoms with Crippen LogP contribution in [-0.4, -0.2) is 27.9 Å². The summed E-state index contributed by atoms with van der Waals surface area (Å²) in [7, 11) is 0. The predicted molar refractivity (Wildman–Crippen MR) is 68.2 cm³/mol. The number of aromatic carboxylic acids is 1. The van der Waals surface area contributed by atoms with E-state index in [-0.39, 0.29) is 5.69 Å². The highest BCUT2D eigenvalue weighted by Gasteiger charge is 2.12. The average molecular weight is 256 g/mol. The van der Waals surface area contributed by atoms with Crippen molar-refractivity contribution in [2.24, 2.45) is 0 Å². The number of hydrogen-bond donors (Lipinski definition) is 1. The fourth-order valence-corrected chi connectivity index (χ4v) is 2.12. The first-order valence-corrected chi connectivity index (χ1v) is 6.07. The maximum absolute atomic E-state index is 10.7. The third-order valence-electron chi connectivity index (χ3n) is 3.09. The summed E-state index contributed by atoms with van der Waals surface area (Å²) in [6, 6.07) is 8.99. The molecule has 0 amide bonds. The number of carbonyl (C=O) groups is 1. The molecule has 2 heterocycles. The Balaban J connectivity index is 1.95. The van der Waals surface area contributed by atoms with Gasteiger partial charge in [0.15, 0.2) is 5.69 Å². The number of nitrogens with zero attached hydrogens (tertiary/aromatic N) is 2. The van der Waals surface area contributed by atoms with Crippen LogP contribution in [0.1, 0.15) is 22.5 Å². The van der Waals surface area contributed by atoms with Crippen LogP contribution in [-0.2, 0) is 6.42 Å². The summed E-state index contributed by atoms with van der Waals surface area (Å²) >= 11 is 0. The van der Waals surface area contributed by atoms with E-state index in [2.05, 4.69) is 10.2 Å². The molecule has 3 rings (SSSR count). The Morgan fingerprint density at radius 1 is 1.21 bits per heavy atom. The molecular weight excluding hydrogens is 244 g/mol. The van der Waals surface area contributed by atoms with E-state index in [9.17, 15) is 4.79 Å². The number of aromatic nitrogens is 2. The molecule has 0 bridgehead atoms. The molecule has 1 aliphatic rings. The lowest BCUT2D eigenvalue weighted by Gasteiger charge is -2.17. The van der Waals surface area contributed by atoms with E-state index in [0.717, 1.165) is 36.3 Å². The van der Waals surface area contributed by atoms with Crippen LogP contribution in [0.15, 0.2) is 30.3 Å². The number of aryl methyl sites for hydroxylation is 1. The highest BCUT2D eigenvalue weighted by Crippen LogP contribution is 2.29. The second-order valence-electron chi connectivity index (χ2n) is 4.38. The van der Waals surface area contributed by atoms with Crippen molar-refractivity contribution < 1.29 is 14.6 Å². The lowest BCUT2D eigenvalue weighted by molar-refractivity contribution is 0.0689. The second kappa shape index (κ2) is 4.68. The molecule has 0 unspecified atom stereocenters. The van der Waals surface area contributed by atoms with Crippen molar-refractivity contribution in [1.82, 2.24) is 10.2 Å². The molecule has 96 valence electrons. The van der Waals surface area contributed by atoms with Gasteiger partial charge in [-0.25, -0.2) is 4.79 Å². The quantitative estimate of drug-likeness (QED) is 0.891. The molecule has 2 aromatic rings. The van der Waals surface area contributed by atoms with Crippen molar-refractivity contribution in [3.05, 3.63) is 41.6 Å². The highest BCUT2D eigenvalue weighted by molar-refractivity contribution is 5.85.